The summed E-state index contributed by atoms with van der Waals surface area (Å²) in [5.74, 6) is 0.0544. The molecule has 0 aromatic rings. The number of nitrogens with zero attached hydrogens (tertiary/aromatic N) is 2. The fourth-order valence-corrected chi connectivity index (χ4v) is 0.962. The van der Waals surface area contributed by atoms with Crippen molar-refractivity contribution in [2.24, 2.45) is 5.73 Å². The van der Waals surface area contributed by atoms with Crippen LogP contribution in [0.4, 0.5) is 0 Å². The quantitative estimate of drug-likeness (QED) is 0.711. The summed E-state index contributed by atoms with van der Waals surface area (Å²) in [7, 11) is 1.71. The fourth-order valence-electron chi connectivity index (χ4n) is 0.962. The molecule has 1 amide bonds. The molecule has 0 unspecified atom stereocenters. The molecule has 0 bridgehead atoms. The molecule has 0 saturated carbocycles. The summed E-state index contributed by atoms with van der Waals surface area (Å²) in [5, 5.41) is 8.35. The summed E-state index contributed by atoms with van der Waals surface area (Å²) in [6.45, 7) is 4.30. The highest BCUT2D eigenvalue weighted by molar-refractivity contribution is 5.75. The minimum Gasteiger partial charge on any atom is -0.345 e. The van der Waals surface area contributed by atoms with Crippen molar-refractivity contribution in [2.45, 2.75) is 38.6 Å². The lowest BCUT2D eigenvalue weighted by molar-refractivity contribution is -0.130. The van der Waals surface area contributed by atoms with E-state index in [1.165, 1.54) is 0 Å². The maximum Gasteiger partial charge on any atom is 0.222 e. The van der Waals surface area contributed by atoms with Gasteiger partial charge in [0.25, 0.3) is 0 Å². The highest BCUT2D eigenvalue weighted by Crippen LogP contribution is 2.08. The van der Waals surface area contributed by atoms with E-state index < -0.39 is 0 Å². The third kappa shape index (κ3) is 6.44. The molecule has 2 N–H and O–H groups in total. The third-order valence-corrected chi connectivity index (χ3v) is 1.97. The Morgan fingerprint density at radius 2 is 2.14 bits per heavy atom. The first-order valence-electron chi connectivity index (χ1n) is 4.76. The zero-order chi connectivity index (χ0) is 11.2. The second-order valence-corrected chi connectivity index (χ2v) is 4.21. The van der Waals surface area contributed by atoms with Crippen molar-refractivity contribution in [3.8, 4) is 6.07 Å². The van der Waals surface area contributed by atoms with Crippen molar-refractivity contribution < 1.29 is 4.79 Å². The molecular weight excluding hydrogens is 178 g/mol. The van der Waals surface area contributed by atoms with E-state index in [1.54, 1.807) is 11.9 Å². The maximum atomic E-state index is 11.5. The molecule has 4 heteroatoms. The van der Waals surface area contributed by atoms with Crippen LogP contribution in [0, 0.1) is 11.3 Å². The van der Waals surface area contributed by atoms with E-state index >= 15 is 0 Å². The molecule has 80 valence electrons. The van der Waals surface area contributed by atoms with Crippen molar-refractivity contribution in [3.05, 3.63) is 0 Å². The van der Waals surface area contributed by atoms with Gasteiger partial charge in [-0.3, -0.25) is 4.79 Å². The smallest absolute Gasteiger partial charge is 0.222 e. The lowest BCUT2D eigenvalue weighted by Gasteiger charge is -2.20. The van der Waals surface area contributed by atoms with E-state index in [1.807, 2.05) is 19.9 Å². The van der Waals surface area contributed by atoms with Crippen LogP contribution in [0.2, 0.25) is 0 Å². The van der Waals surface area contributed by atoms with E-state index in [9.17, 15) is 4.79 Å². The Bertz CT molecular complexity index is 225. The van der Waals surface area contributed by atoms with Gasteiger partial charge >= 0.3 is 0 Å². The molecule has 0 radical (unpaired) electrons. The number of rotatable bonds is 5. The molecule has 0 aromatic heterocycles. The van der Waals surface area contributed by atoms with Gasteiger partial charge in [0.15, 0.2) is 0 Å². The molecule has 0 aliphatic heterocycles. The van der Waals surface area contributed by atoms with Crippen molar-refractivity contribution in [1.29, 1.82) is 5.26 Å². The Labute approximate surface area is 85.7 Å². The van der Waals surface area contributed by atoms with Gasteiger partial charge in [0, 0.05) is 25.6 Å². The minimum atomic E-state index is -0.300. The van der Waals surface area contributed by atoms with Gasteiger partial charge in [-0.25, -0.2) is 0 Å². The van der Waals surface area contributed by atoms with Crippen molar-refractivity contribution in [1.82, 2.24) is 4.90 Å². The zero-order valence-corrected chi connectivity index (χ0v) is 9.21. The molecule has 14 heavy (non-hydrogen) atoms. The van der Waals surface area contributed by atoms with Crippen molar-refractivity contribution in [2.75, 3.05) is 13.6 Å². The van der Waals surface area contributed by atoms with E-state index in [0.717, 1.165) is 0 Å². The van der Waals surface area contributed by atoms with Gasteiger partial charge < -0.3 is 10.6 Å². The first-order chi connectivity index (χ1) is 6.37. The van der Waals surface area contributed by atoms with Crippen LogP contribution < -0.4 is 5.73 Å². The number of carbonyl (C=O) groups excluding carboxylic acids is 1. The average molecular weight is 197 g/mol. The molecule has 0 aliphatic carbocycles. The lowest BCUT2D eigenvalue weighted by atomic mass is 10.00. The van der Waals surface area contributed by atoms with Gasteiger partial charge in [-0.2, -0.15) is 5.26 Å². The predicted octanol–water partition coefficient (Wildman–Crippen LogP) is 0.876. The fraction of sp³-hybridized carbons (Fsp3) is 0.800. The number of amides is 1. The second kappa shape index (κ2) is 5.61. The van der Waals surface area contributed by atoms with E-state index in [4.69, 9.17) is 11.0 Å². The summed E-state index contributed by atoms with van der Waals surface area (Å²) in [6, 6.07) is 2.01. The second-order valence-electron chi connectivity index (χ2n) is 4.21. The van der Waals surface area contributed by atoms with Gasteiger partial charge in [0.2, 0.25) is 5.91 Å². The SMILES string of the molecule is CN(CCC#N)C(=O)CCC(C)(C)N. The van der Waals surface area contributed by atoms with Crippen LogP contribution >= 0.6 is 0 Å². The number of hydrogen-bond donors (Lipinski definition) is 1. The Morgan fingerprint density at radius 3 is 2.57 bits per heavy atom. The van der Waals surface area contributed by atoms with Crippen LogP contribution in [0.25, 0.3) is 0 Å². The molecule has 0 fully saturated rings. The Morgan fingerprint density at radius 1 is 1.57 bits per heavy atom. The van der Waals surface area contributed by atoms with Crippen LogP contribution in [0.3, 0.4) is 0 Å². The Hall–Kier alpha value is -1.08. The van der Waals surface area contributed by atoms with Gasteiger partial charge in [0.05, 0.1) is 12.5 Å². The largest absolute Gasteiger partial charge is 0.345 e. The first-order valence-corrected chi connectivity index (χ1v) is 4.76. The molecule has 0 spiro atoms. The standard InChI is InChI=1S/C10H19N3O/c1-10(2,12)6-5-9(14)13(3)8-4-7-11/h4-6,8,12H2,1-3H3. The monoisotopic (exact) mass is 197 g/mol. The van der Waals surface area contributed by atoms with Crippen LogP contribution in [0.1, 0.15) is 33.1 Å². The normalized spacial score (nSPS) is 10.8. The molecule has 0 aromatic carbocycles. The highest BCUT2D eigenvalue weighted by Gasteiger charge is 2.15. The summed E-state index contributed by atoms with van der Waals surface area (Å²) in [6.07, 6.45) is 1.50. The van der Waals surface area contributed by atoms with Crippen molar-refractivity contribution in [3.63, 3.8) is 0 Å². The summed E-state index contributed by atoms with van der Waals surface area (Å²) < 4.78 is 0. The number of carbonyl (C=O) groups is 1. The molecule has 0 saturated heterocycles. The van der Waals surface area contributed by atoms with Gasteiger partial charge in [0.1, 0.15) is 0 Å². The van der Waals surface area contributed by atoms with Crippen LogP contribution in [-0.4, -0.2) is 29.9 Å². The number of hydrogen-bond acceptors (Lipinski definition) is 3. The van der Waals surface area contributed by atoms with Crippen molar-refractivity contribution >= 4 is 5.91 Å². The molecule has 0 atom stereocenters. The summed E-state index contributed by atoms with van der Waals surface area (Å²) >= 11 is 0. The molecule has 4 nitrogen and oxygen atoms in total. The van der Waals surface area contributed by atoms with Crippen LogP contribution in [0.15, 0.2) is 0 Å². The number of nitrogens with two attached hydrogens (primary N) is 1. The molecular formula is C10H19N3O. The molecule has 0 aliphatic rings. The first kappa shape index (κ1) is 12.9. The van der Waals surface area contributed by atoms with Crippen LogP contribution in [-0.2, 0) is 4.79 Å². The maximum absolute atomic E-state index is 11.5. The van der Waals surface area contributed by atoms with Crippen LogP contribution in [0.5, 0.6) is 0 Å². The molecule has 0 rings (SSSR count). The zero-order valence-electron chi connectivity index (χ0n) is 9.21. The Kier molecular flexibility index (Phi) is 5.18. The van der Waals surface area contributed by atoms with E-state index in [0.29, 0.717) is 25.8 Å². The van der Waals surface area contributed by atoms with Gasteiger partial charge in [-0.05, 0) is 20.3 Å². The minimum absolute atomic E-state index is 0.0544. The van der Waals surface area contributed by atoms with E-state index in [-0.39, 0.29) is 11.4 Å². The molecule has 0 heterocycles. The average Bonchev–Trinajstić information content (AvgIpc) is 2.09. The summed E-state index contributed by atoms with van der Waals surface area (Å²) in [4.78, 5) is 13.0. The lowest BCUT2D eigenvalue weighted by Crippen LogP contribution is -2.35. The van der Waals surface area contributed by atoms with Gasteiger partial charge in [-0.15, -0.1) is 0 Å². The predicted molar refractivity (Wildman–Crippen MR) is 55.4 cm³/mol. The van der Waals surface area contributed by atoms with Gasteiger partial charge in [-0.1, -0.05) is 0 Å². The topological polar surface area (TPSA) is 70.1 Å². The number of nitriles is 1. The summed E-state index contributed by atoms with van der Waals surface area (Å²) in [5.41, 5.74) is 5.46. The Balaban J connectivity index is 3.80. The van der Waals surface area contributed by atoms with E-state index in [2.05, 4.69) is 0 Å². The third-order valence-electron chi connectivity index (χ3n) is 1.97. The highest BCUT2D eigenvalue weighted by atomic mass is 16.2.